The summed E-state index contributed by atoms with van der Waals surface area (Å²) in [6.07, 6.45) is 0. The summed E-state index contributed by atoms with van der Waals surface area (Å²) < 4.78 is 10.7. The Bertz CT molecular complexity index is 529. The second kappa shape index (κ2) is 5.65. The van der Waals surface area contributed by atoms with Crippen LogP contribution in [0.1, 0.15) is 11.1 Å². The summed E-state index contributed by atoms with van der Waals surface area (Å²) in [7, 11) is 1.64. The van der Waals surface area contributed by atoms with Crippen LogP contribution in [0, 0.1) is 6.92 Å². The standard InChI is InChI=1S/C15H14O2S/c1-11-3-7-14(8-4-11)17-15(18)12-5-9-13(16-2)10-6-12/h3-10H,1-2H3. The minimum Gasteiger partial charge on any atom is -0.497 e. The first-order chi connectivity index (χ1) is 8.69. The van der Waals surface area contributed by atoms with Crippen LogP contribution in [-0.4, -0.2) is 12.2 Å². The van der Waals surface area contributed by atoms with Crippen molar-refractivity contribution in [3.63, 3.8) is 0 Å². The topological polar surface area (TPSA) is 18.5 Å². The fraction of sp³-hybridized carbons (Fsp3) is 0.133. The van der Waals surface area contributed by atoms with Gasteiger partial charge in [-0.05, 0) is 55.5 Å². The van der Waals surface area contributed by atoms with Crippen molar-refractivity contribution in [3.05, 3.63) is 59.7 Å². The second-order valence-electron chi connectivity index (χ2n) is 3.93. The van der Waals surface area contributed by atoms with Gasteiger partial charge in [0, 0.05) is 5.56 Å². The Morgan fingerprint density at radius 2 is 1.44 bits per heavy atom. The van der Waals surface area contributed by atoms with Gasteiger partial charge in [-0.1, -0.05) is 17.7 Å². The molecule has 0 amide bonds. The van der Waals surface area contributed by atoms with Crippen molar-refractivity contribution in [3.8, 4) is 11.5 Å². The Balaban J connectivity index is 2.09. The molecule has 0 atom stereocenters. The fourth-order valence-electron chi connectivity index (χ4n) is 1.50. The molecule has 2 aromatic carbocycles. The van der Waals surface area contributed by atoms with E-state index in [9.17, 15) is 0 Å². The molecule has 0 bridgehead atoms. The Morgan fingerprint density at radius 1 is 0.889 bits per heavy atom. The lowest BCUT2D eigenvalue weighted by Gasteiger charge is -2.08. The Hall–Kier alpha value is -1.87. The molecule has 0 aliphatic carbocycles. The summed E-state index contributed by atoms with van der Waals surface area (Å²) in [4.78, 5) is 0. The van der Waals surface area contributed by atoms with Crippen molar-refractivity contribution in [1.82, 2.24) is 0 Å². The zero-order valence-electron chi connectivity index (χ0n) is 10.3. The molecule has 0 fully saturated rings. The predicted molar refractivity (Wildman–Crippen MR) is 76.5 cm³/mol. The van der Waals surface area contributed by atoms with E-state index in [1.165, 1.54) is 5.56 Å². The molecule has 18 heavy (non-hydrogen) atoms. The molecule has 0 saturated carbocycles. The summed E-state index contributed by atoms with van der Waals surface area (Å²) in [5, 5.41) is 0.460. The molecule has 2 rings (SSSR count). The van der Waals surface area contributed by atoms with Crippen molar-refractivity contribution in [1.29, 1.82) is 0 Å². The van der Waals surface area contributed by atoms with E-state index in [1.54, 1.807) is 7.11 Å². The number of aryl methyl sites for hydroxylation is 1. The van der Waals surface area contributed by atoms with Crippen molar-refractivity contribution in [2.24, 2.45) is 0 Å². The highest BCUT2D eigenvalue weighted by atomic mass is 32.1. The average molecular weight is 258 g/mol. The molecule has 2 nitrogen and oxygen atoms in total. The lowest BCUT2D eigenvalue weighted by Crippen LogP contribution is -2.06. The third-order valence-electron chi connectivity index (χ3n) is 2.56. The largest absolute Gasteiger partial charge is 0.497 e. The fourth-order valence-corrected chi connectivity index (χ4v) is 1.73. The van der Waals surface area contributed by atoms with Crippen LogP contribution in [0.25, 0.3) is 0 Å². The van der Waals surface area contributed by atoms with Gasteiger partial charge in [-0.15, -0.1) is 0 Å². The molecule has 0 spiro atoms. The Morgan fingerprint density at radius 3 is 2.00 bits per heavy atom. The maximum absolute atomic E-state index is 5.62. The van der Waals surface area contributed by atoms with Crippen LogP contribution >= 0.6 is 12.2 Å². The van der Waals surface area contributed by atoms with Crippen LogP contribution < -0.4 is 9.47 Å². The van der Waals surface area contributed by atoms with Crippen LogP contribution in [0.4, 0.5) is 0 Å². The maximum atomic E-state index is 5.62. The summed E-state index contributed by atoms with van der Waals surface area (Å²) >= 11 is 5.25. The average Bonchev–Trinajstić information content (AvgIpc) is 2.41. The summed E-state index contributed by atoms with van der Waals surface area (Å²) in [5.41, 5.74) is 2.06. The van der Waals surface area contributed by atoms with Gasteiger partial charge in [0.05, 0.1) is 7.11 Å². The van der Waals surface area contributed by atoms with E-state index in [0.29, 0.717) is 5.05 Å². The highest BCUT2D eigenvalue weighted by Crippen LogP contribution is 2.16. The molecule has 0 aromatic heterocycles. The Labute approximate surface area is 112 Å². The lowest BCUT2D eigenvalue weighted by molar-refractivity contribution is 0.414. The van der Waals surface area contributed by atoms with E-state index >= 15 is 0 Å². The van der Waals surface area contributed by atoms with Gasteiger partial charge in [0.2, 0.25) is 0 Å². The van der Waals surface area contributed by atoms with Crippen molar-refractivity contribution in [2.75, 3.05) is 7.11 Å². The van der Waals surface area contributed by atoms with Crippen molar-refractivity contribution < 1.29 is 9.47 Å². The van der Waals surface area contributed by atoms with Gasteiger partial charge in [0.15, 0.2) is 5.05 Å². The number of benzene rings is 2. The zero-order valence-corrected chi connectivity index (χ0v) is 11.2. The van der Waals surface area contributed by atoms with E-state index in [2.05, 4.69) is 0 Å². The van der Waals surface area contributed by atoms with Gasteiger partial charge < -0.3 is 9.47 Å². The molecular weight excluding hydrogens is 244 g/mol. The number of methoxy groups -OCH3 is 1. The third kappa shape index (κ3) is 3.08. The minimum absolute atomic E-state index is 0.460. The predicted octanol–water partition coefficient (Wildman–Crippen LogP) is 3.76. The summed E-state index contributed by atoms with van der Waals surface area (Å²) in [6.45, 7) is 2.03. The van der Waals surface area contributed by atoms with Gasteiger partial charge in [-0.3, -0.25) is 0 Å². The minimum atomic E-state index is 0.460. The maximum Gasteiger partial charge on any atom is 0.198 e. The smallest absolute Gasteiger partial charge is 0.198 e. The molecule has 0 unspecified atom stereocenters. The molecule has 3 heteroatoms. The number of rotatable bonds is 3. The van der Waals surface area contributed by atoms with E-state index in [-0.39, 0.29) is 0 Å². The number of hydrogen-bond donors (Lipinski definition) is 0. The van der Waals surface area contributed by atoms with E-state index in [1.807, 2.05) is 55.5 Å². The van der Waals surface area contributed by atoms with Gasteiger partial charge in [0.25, 0.3) is 0 Å². The first-order valence-corrected chi connectivity index (χ1v) is 6.03. The highest BCUT2D eigenvalue weighted by Gasteiger charge is 2.04. The second-order valence-corrected chi connectivity index (χ2v) is 4.30. The first kappa shape index (κ1) is 12.6. The number of thiocarbonyl (C=S) groups is 1. The van der Waals surface area contributed by atoms with E-state index < -0.39 is 0 Å². The number of ether oxygens (including phenoxy) is 2. The molecular formula is C15H14O2S. The summed E-state index contributed by atoms with van der Waals surface area (Å²) in [6, 6.07) is 15.3. The molecule has 0 radical (unpaired) electrons. The van der Waals surface area contributed by atoms with Crippen LogP contribution in [0.2, 0.25) is 0 Å². The zero-order chi connectivity index (χ0) is 13.0. The van der Waals surface area contributed by atoms with Crippen LogP contribution in [0.15, 0.2) is 48.5 Å². The summed E-state index contributed by atoms with van der Waals surface area (Å²) in [5.74, 6) is 1.55. The van der Waals surface area contributed by atoms with E-state index in [0.717, 1.165) is 17.1 Å². The van der Waals surface area contributed by atoms with Crippen molar-refractivity contribution >= 4 is 17.3 Å². The third-order valence-corrected chi connectivity index (χ3v) is 2.88. The lowest BCUT2D eigenvalue weighted by atomic mass is 10.2. The first-order valence-electron chi connectivity index (χ1n) is 5.62. The van der Waals surface area contributed by atoms with Crippen LogP contribution in [0.3, 0.4) is 0 Å². The monoisotopic (exact) mass is 258 g/mol. The molecule has 2 aromatic rings. The SMILES string of the molecule is COc1ccc(C(=S)Oc2ccc(C)cc2)cc1. The quantitative estimate of drug-likeness (QED) is 0.781. The molecule has 0 aliphatic heterocycles. The molecule has 0 heterocycles. The normalized spacial score (nSPS) is 9.89. The molecule has 92 valence electrons. The van der Waals surface area contributed by atoms with Crippen LogP contribution in [-0.2, 0) is 0 Å². The van der Waals surface area contributed by atoms with E-state index in [4.69, 9.17) is 21.7 Å². The Kier molecular flexibility index (Phi) is 3.95. The highest BCUT2D eigenvalue weighted by molar-refractivity contribution is 7.80. The van der Waals surface area contributed by atoms with Gasteiger partial charge in [-0.2, -0.15) is 0 Å². The van der Waals surface area contributed by atoms with Gasteiger partial charge >= 0.3 is 0 Å². The van der Waals surface area contributed by atoms with Crippen molar-refractivity contribution in [2.45, 2.75) is 6.92 Å². The molecule has 0 aliphatic rings. The van der Waals surface area contributed by atoms with Crippen LogP contribution in [0.5, 0.6) is 11.5 Å². The van der Waals surface area contributed by atoms with Gasteiger partial charge in [-0.25, -0.2) is 0 Å². The number of hydrogen-bond acceptors (Lipinski definition) is 3. The van der Waals surface area contributed by atoms with Gasteiger partial charge in [0.1, 0.15) is 11.5 Å². The molecule has 0 N–H and O–H groups in total. The molecule has 0 saturated heterocycles.